The van der Waals surface area contributed by atoms with E-state index in [1.54, 1.807) is 0 Å². The second-order valence-electron chi connectivity index (χ2n) is 14.6. The van der Waals surface area contributed by atoms with Crippen LogP contribution in [0.2, 0.25) is 0 Å². The van der Waals surface area contributed by atoms with Crippen molar-refractivity contribution in [1.29, 1.82) is 0 Å². The molecule has 0 rings (SSSR count). The maximum absolute atomic E-state index is 12.6. The predicted molar refractivity (Wildman–Crippen MR) is 220 cm³/mol. The number of allylic oxidation sites excluding steroid dienone is 4. The van der Waals surface area contributed by atoms with E-state index in [2.05, 4.69) is 38.2 Å². The summed E-state index contributed by atoms with van der Waals surface area (Å²) in [6.45, 7) is 3.72. The van der Waals surface area contributed by atoms with Gasteiger partial charge >= 0.3 is 19.8 Å². The number of phosphoric ester groups is 1. The van der Waals surface area contributed by atoms with Crippen LogP contribution >= 0.6 is 7.82 Å². The van der Waals surface area contributed by atoms with Crippen LogP contribution in [0.5, 0.6) is 0 Å². The van der Waals surface area contributed by atoms with E-state index in [1.807, 2.05) is 0 Å². The minimum absolute atomic E-state index is 0.0518. The van der Waals surface area contributed by atoms with Crippen molar-refractivity contribution in [3.63, 3.8) is 0 Å². The van der Waals surface area contributed by atoms with E-state index in [9.17, 15) is 19.0 Å². The van der Waals surface area contributed by atoms with Gasteiger partial charge in [0.25, 0.3) is 0 Å². The van der Waals surface area contributed by atoms with Gasteiger partial charge < -0.3 is 20.1 Å². The van der Waals surface area contributed by atoms with Crippen LogP contribution in [0.3, 0.4) is 0 Å². The first-order chi connectivity index (χ1) is 25.8. The second kappa shape index (κ2) is 40.2. The lowest BCUT2D eigenvalue weighted by molar-refractivity contribution is -0.161. The van der Waals surface area contributed by atoms with E-state index < -0.39 is 32.5 Å². The predicted octanol–water partition coefficient (Wildman–Crippen LogP) is 12.4. The molecular formula is C43H82NO8P. The first-order valence-corrected chi connectivity index (χ1v) is 23.3. The maximum Gasteiger partial charge on any atom is 0.472 e. The number of nitrogens with two attached hydrogens (primary N) is 1. The molecule has 0 aromatic heterocycles. The summed E-state index contributed by atoms with van der Waals surface area (Å²) in [6, 6.07) is 0. The van der Waals surface area contributed by atoms with E-state index >= 15 is 0 Å². The Morgan fingerprint density at radius 1 is 0.547 bits per heavy atom. The Kier molecular flexibility index (Phi) is 39.0. The highest BCUT2D eigenvalue weighted by molar-refractivity contribution is 7.47. The van der Waals surface area contributed by atoms with Crippen LogP contribution in [0.1, 0.15) is 206 Å². The SMILES string of the molecule is CCCCCCCC/C=C/CCCCCCCCCC(=O)O[C@H](COC(=O)CCCCC/C=C/CCCCCCCCCC)COP(=O)(O)OCCN. The van der Waals surface area contributed by atoms with Gasteiger partial charge in [-0.1, -0.05) is 154 Å². The molecule has 1 unspecified atom stereocenters. The van der Waals surface area contributed by atoms with E-state index in [0.717, 1.165) is 51.4 Å². The Morgan fingerprint density at radius 2 is 0.925 bits per heavy atom. The topological polar surface area (TPSA) is 134 Å². The van der Waals surface area contributed by atoms with E-state index in [0.29, 0.717) is 12.8 Å². The third-order valence-corrected chi connectivity index (χ3v) is 10.3. The molecule has 0 bridgehead atoms. The highest BCUT2D eigenvalue weighted by Gasteiger charge is 2.26. The third-order valence-electron chi connectivity index (χ3n) is 9.31. The largest absolute Gasteiger partial charge is 0.472 e. The van der Waals surface area contributed by atoms with Gasteiger partial charge in [0.2, 0.25) is 0 Å². The Morgan fingerprint density at radius 3 is 1.36 bits per heavy atom. The van der Waals surface area contributed by atoms with Crippen LogP contribution in [0.15, 0.2) is 24.3 Å². The molecule has 0 aromatic rings. The number of phosphoric acid groups is 1. The molecule has 0 saturated heterocycles. The molecule has 0 aliphatic heterocycles. The number of hydrogen-bond donors (Lipinski definition) is 2. The minimum atomic E-state index is -4.38. The molecule has 0 radical (unpaired) electrons. The first kappa shape index (κ1) is 51.5. The number of esters is 2. The average molecular weight is 772 g/mol. The molecule has 3 N–H and O–H groups in total. The van der Waals surface area contributed by atoms with Crippen molar-refractivity contribution in [3.05, 3.63) is 24.3 Å². The molecule has 312 valence electrons. The van der Waals surface area contributed by atoms with Crippen LogP contribution in [0.4, 0.5) is 0 Å². The van der Waals surface area contributed by atoms with Crippen molar-refractivity contribution in [2.75, 3.05) is 26.4 Å². The molecule has 0 aliphatic carbocycles. The third kappa shape index (κ3) is 40.0. The molecule has 0 aliphatic rings. The number of hydrogen-bond acceptors (Lipinski definition) is 8. The molecule has 53 heavy (non-hydrogen) atoms. The molecule has 9 nitrogen and oxygen atoms in total. The van der Waals surface area contributed by atoms with Gasteiger partial charge in [0.05, 0.1) is 13.2 Å². The first-order valence-electron chi connectivity index (χ1n) is 21.8. The highest BCUT2D eigenvalue weighted by atomic mass is 31.2. The fourth-order valence-electron chi connectivity index (χ4n) is 6.04. The van der Waals surface area contributed by atoms with Crippen LogP contribution in [-0.2, 0) is 32.7 Å². The average Bonchev–Trinajstić information content (AvgIpc) is 3.14. The standard InChI is InChI=1S/C43H82NO8P/c1-3-5-7-9-11-13-15-17-19-20-22-24-26-28-30-32-34-36-43(46)52-41(40-51-53(47,48)50-38-37-44)39-49-42(45)35-33-31-29-27-25-23-21-18-16-14-12-10-8-6-4-2/h17,19,23,25,41H,3-16,18,20-22,24,26-40,44H2,1-2H3,(H,47,48)/b19-17+,25-23+/t41-/m1/s1. The Bertz CT molecular complexity index is 928. The van der Waals surface area contributed by atoms with Crippen molar-refractivity contribution in [3.8, 4) is 0 Å². The van der Waals surface area contributed by atoms with Gasteiger partial charge in [-0.2, -0.15) is 0 Å². The Hall–Kier alpha value is -1.51. The number of carbonyl (C=O) groups excluding carboxylic acids is 2. The monoisotopic (exact) mass is 772 g/mol. The van der Waals surface area contributed by atoms with Gasteiger partial charge in [0, 0.05) is 19.4 Å². The molecule has 2 atom stereocenters. The summed E-state index contributed by atoms with van der Waals surface area (Å²) in [7, 11) is -4.38. The number of carbonyl (C=O) groups is 2. The summed E-state index contributed by atoms with van der Waals surface area (Å²) in [4.78, 5) is 34.8. The summed E-state index contributed by atoms with van der Waals surface area (Å²) in [5.41, 5.74) is 5.34. The fourth-order valence-corrected chi connectivity index (χ4v) is 6.80. The van der Waals surface area contributed by atoms with Gasteiger partial charge in [-0.05, 0) is 64.2 Å². The zero-order chi connectivity index (χ0) is 38.9. The normalized spacial score (nSPS) is 13.5. The molecule has 0 amide bonds. The number of ether oxygens (including phenoxy) is 2. The van der Waals surface area contributed by atoms with E-state index in [-0.39, 0.29) is 32.6 Å². The molecule has 0 fully saturated rings. The van der Waals surface area contributed by atoms with Crippen molar-refractivity contribution >= 4 is 19.8 Å². The second-order valence-corrected chi connectivity index (χ2v) is 16.0. The van der Waals surface area contributed by atoms with Crippen LogP contribution in [-0.4, -0.2) is 49.3 Å². The lowest BCUT2D eigenvalue weighted by Crippen LogP contribution is -2.29. The number of unbranched alkanes of at least 4 members (excludes halogenated alkanes) is 24. The molecule has 0 saturated carbocycles. The summed E-state index contributed by atoms with van der Waals surface area (Å²) in [6.07, 6.45) is 42.0. The van der Waals surface area contributed by atoms with Crippen LogP contribution in [0, 0.1) is 0 Å². The van der Waals surface area contributed by atoms with Crippen LogP contribution in [0.25, 0.3) is 0 Å². The smallest absolute Gasteiger partial charge is 0.462 e. The lowest BCUT2D eigenvalue weighted by Gasteiger charge is -2.19. The van der Waals surface area contributed by atoms with E-state index in [4.69, 9.17) is 24.3 Å². The number of rotatable bonds is 41. The van der Waals surface area contributed by atoms with Gasteiger partial charge in [-0.15, -0.1) is 0 Å². The van der Waals surface area contributed by atoms with Crippen molar-refractivity contribution < 1.29 is 37.6 Å². The van der Waals surface area contributed by atoms with Gasteiger partial charge in [-0.25, -0.2) is 4.57 Å². The molecular weight excluding hydrogens is 689 g/mol. The molecule has 0 aromatic carbocycles. The minimum Gasteiger partial charge on any atom is -0.462 e. The summed E-state index contributed by atoms with van der Waals surface area (Å²) < 4.78 is 32.8. The zero-order valence-electron chi connectivity index (χ0n) is 34.3. The summed E-state index contributed by atoms with van der Waals surface area (Å²) in [5.74, 6) is -0.847. The Balaban J connectivity index is 4.17. The fraction of sp³-hybridized carbons (Fsp3) is 0.860. The zero-order valence-corrected chi connectivity index (χ0v) is 35.2. The maximum atomic E-state index is 12.6. The molecule has 0 spiro atoms. The summed E-state index contributed by atoms with van der Waals surface area (Å²) >= 11 is 0. The Labute approximate surface area is 325 Å². The lowest BCUT2D eigenvalue weighted by atomic mass is 10.1. The van der Waals surface area contributed by atoms with E-state index in [1.165, 1.54) is 116 Å². The van der Waals surface area contributed by atoms with Gasteiger partial charge in [-0.3, -0.25) is 18.6 Å². The van der Waals surface area contributed by atoms with Gasteiger partial charge in [0.1, 0.15) is 6.61 Å². The van der Waals surface area contributed by atoms with Crippen molar-refractivity contribution in [1.82, 2.24) is 0 Å². The summed E-state index contributed by atoms with van der Waals surface area (Å²) in [5, 5.41) is 0. The molecule has 0 heterocycles. The van der Waals surface area contributed by atoms with Crippen LogP contribution < -0.4 is 5.73 Å². The van der Waals surface area contributed by atoms with Gasteiger partial charge in [0.15, 0.2) is 6.10 Å². The quantitative estimate of drug-likeness (QED) is 0.0269. The molecule has 10 heteroatoms. The van der Waals surface area contributed by atoms with Crippen molar-refractivity contribution in [2.24, 2.45) is 5.73 Å². The highest BCUT2D eigenvalue weighted by Crippen LogP contribution is 2.43. The van der Waals surface area contributed by atoms with Crippen molar-refractivity contribution in [2.45, 2.75) is 213 Å².